The van der Waals surface area contributed by atoms with Crippen LogP contribution >= 0.6 is 11.6 Å². The average Bonchev–Trinajstić information content (AvgIpc) is 3.19. The van der Waals surface area contributed by atoms with E-state index in [4.69, 9.17) is 16.3 Å². The van der Waals surface area contributed by atoms with Gasteiger partial charge < -0.3 is 15.4 Å². The highest BCUT2D eigenvalue weighted by molar-refractivity contribution is 6.36. The highest BCUT2D eigenvalue weighted by atomic mass is 35.5. The molecule has 0 aromatic heterocycles. The van der Waals surface area contributed by atoms with Crippen molar-refractivity contribution in [2.45, 2.75) is 19.4 Å². The van der Waals surface area contributed by atoms with Crippen LogP contribution in [0.5, 0.6) is 0 Å². The van der Waals surface area contributed by atoms with Gasteiger partial charge in [0.25, 0.3) is 5.91 Å². The predicted octanol–water partition coefficient (Wildman–Crippen LogP) is 3.99. The zero-order valence-electron chi connectivity index (χ0n) is 14.0. The van der Waals surface area contributed by atoms with E-state index in [9.17, 15) is 9.59 Å². The van der Waals surface area contributed by atoms with Gasteiger partial charge in [-0.05, 0) is 24.6 Å². The van der Waals surface area contributed by atoms with Crippen molar-refractivity contribution in [2.75, 3.05) is 16.5 Å². The molecule has 132 valence electrons. The number of ether oxygens (including phenoxy) is 1. The topological polar surface area (TPSA) is 67.4 Å². The summed E-state index contributed by atoms with van der Waals surface area (Å²) in [5.74, 6) is 0.753. The maximum Gasteiger partial charge on any atom is 0.260 e. The Morgan fingerprint density at radius 2 is 2.04 bits per heavy atom. The fourth-order valence-corrected chi connectivity index (χ4v) is 3.35. The molecule has 2 N–H and O–H groups in total. The van der Waals surface area contributed by atoms with Gasteiger partial charge in [-0.2, -0.15) is 0 Å². The van der Waals surface area contributed by atoms with Gasteiger partial charge in [-0.15, -0.1) is 11.6 Å². The van der Waals surface area contributed by atoms with E-state index < -0.39 is 0 Å². The van der Waals surface area contributed by atoms with Gasteiger partial charge in [0, 0.05) is 40.4 Å². The first-order valence-corrected chi connectivity index (χ1v) is 8.98. The van der Waals surface area contributed by atoms with Crippen molar-refractivity contribution in [2.24, 2.45) is 0 Å². The molecular formula is C20H17ClN2O3. The van der Waals surface area contributed by atoms with Gasteiger partial charge in [-0.1, -0.05) is 24.3 Å². The molecule has 0 bridgehead atoms. The van der Waals surface area contributed by atoms with E-state index in [1.54, 1.807) is 0 Å². The third kappa shape index (κ3) is 2.95. The number of halogens is 1. The van der Waals surface area contributed by atoms with E-state index in [0.29, 0.717) is 42.3 Å². The summed E-state index contributed by atoms with van der Waals surface area (Å²) in [6, 6.07) is 13.2. The number of benzene rings is 2. The number of rotatable bonds is 4. The molecule has 6 heteroatoms. The predicted molar refractivity (Wildman–Crippen MR) is 102 cm³/mol. The van der Waals surface area contributed by atoms with Crippen LogP contribution in [0.4, 0.5) is 11.4 Å². The third-order valence-corrected chi connectivity index (χ3v) is 4.71. The molecule has 5 nitrogen and oxygen atoms in total. The Balaban J connectivity index is 1.70. The summed E-state index contributed by atoms with van der Waals surface area (Å²) in [4.78, 5) is 24.4. The molecule has 2 amide bonds. The molecule has 26 heavy (non-hydrogen) atoms. The van der Waals surface area contributed by atoms with Gasteiger partial charge in [0.1, 0.15) is 12.4 Å². The minimum Gasteiger partial charge on any atom is -0.487 e. The fraction of sp³-hybridized carbons (Fsp3) is 0.200. The minimum absolute atomic E-state index is 0.0809. The summed E-state index contributed by atoms with van der Waals surface area (Å²) in [6.07, 6.45) is 1.01. The number of carbonyl (C=O) groups excluding carboxylic acids is 2. The maximum atomic E-state index is 12.5. The number of hydrogen-bond acceptors (Lipinski definition) is 3. The van der Waals surface area contributed by atoms with E-state index in [1.807, 2.05) is 42.5 Å². The van der Waals surface area contributed by atoms with Crippen LogP contribution in [0.2, 0.25) is 0 Å². The van der Waals surface area contributed by atoms with E-state index >= 15 is 0 Å². The van der Waals surface area contributed by atoms with Gasteiger partial charge in [0.2, 0.25) is 5.91 Å². The number of carbonyl (C=O) groups is 2. The SMILES string of the molecule is O=C(CCCCl)Nc1ccc2c(c1)/C(=C1\C(=O)Nc3ccccc31)OC2. The van der Waals surface area contributed by atoms with Crippen LogP contribution in [-0.2, 0) is 20.9 Å². The molecule has 0 saturated carbocycles. The number of hydrogen-bond donors (Lipinski definition) is 2. The molecule has 2 aromatic carbocycles. The molecule has 2 aliphatic rings. The van der Waals surface area contributed by atoms with Crippen molar-refractivity contribution in [1.82, 2.24) is 0 Å². The van der Waals surface area contributed by atoms with E-state index in [2.05, 4.69) is 10.6 Å². The highest BCUT2D eigenvalue weighted by Gasteiger charge is 2.32. The smallest absolute Gasteiger partial charge is 0.260 e. The Hall–Kier alpha value is -2.79. The van der Waals surface area contributed by atoms with Crippen LogP contribution in [0.1, 0.15) is 29.5 Å². The number of para-hydroxylation sites is 1. The van der Waals surface area contributed by atoms with Crippen molar-refractivity contribution in [3.8, 4) is 0 Å². The van der Waals surface area contributed by atoms with Gasteiger partial charge in [-0.25, -0.2) is 0 Å². The molecular weight excluding hydrogens is 352 g/mol. The molecule has 2 heterocycles. The van der Waals surface area contributed by atoms with Crippen molar-refractivity contribution in [3.05, 3.63) is 59.2 Å². The second kappa shape index (κ2) is 6.84. The molecule has 0 spiro atoms. The lowest BCUT2D eigenvalue weighted by Gasteiger charge is -2.08. The molecule has 0 unspecified atom stereocenters. The lowest BCUT2D eigenvalue weighted by Crippen LogP contribution is -2.11. The Morgan fingerprint density at radius 3 is 2.88 bits per heavy atom. The number of alkyl halides is 1. The van der Waals surface area contributed by atoms with Gasteiger partial charge in [0.15, 0.2) is 0 Å². The Bertz CT molecular complexity index is 936. The standard InChI is InChI=1S/C20H17ClN2O3/c21-9-3-6-17(24)22-13-8-7-12-11-26-19(15(12)10-13)18-14-4-1-2-5-16(14)23-20(18)25/h1-2,4-5,7-8,10H,3,6,9,11H2,(H,22,24)(H,23,25)/b19-18+. The van der Waals surface area contributed by atoms with Crippen molar-refractivity contribution >= 4 is 46.1 Å². The monoisotopic (exact) mass is 368 g/mol. The molecule has 0 radical (unpaired) electrons. The third-order valence-electron chi connectivity index (χ3n) is 4.45. The van der Waals surface area contributed by atoms with Crippen LogP contribution in [-0.4, -0.2) is 17.7 Å². The highest BCUT2D eigenvalue weighted by Crippen LogP contribution is 2.42. The number of amides is 2. The van der Waals surface area contributed by atoms with Crippen molar-refractivity contribution in [1.29, 1.82) is 0 Å². The second-order valence-corrected chi connectivity index (χ2v) is 6.58. The van der Waals surface area contributed by atoms with Gasteiger partial charge in [-0.3, -0.25) is 9.59 Å². The zero-order chi connectivity index (χ0) is 18.1. The van der Waals surface area contributed by atoms with Crippen LogP contribution < -0.4 is 10.6 Å². The normalized spacial score (nSPS) is 17.3. The van der Waals surface area contributed by atoms with E-state index in [0.717, 1.165) is 22.4 Å². The van der Waals surface area contributed by atoms with Gasteiger partial charge >= 0.3 is 0 Å². The van der Waals surface area contributed by atoms with Crippen LogP contribution in [0.25, 0.3) is 11.3 Å². The summed E-state index contributed by atoms with van der Waals surface area (Å²) in [5.41, 5.74) is 4.65. The van der Waals surface area contributed by atoms with Crippen molar-refractivity contribution in [3.63, 3.8) is 0 Å². The van der Waals surface area contributed by atoms with Crippen LogP contribution in [0.15, 0.2) is 42.5 Å². The first-order chi connectivity index (χ1) is 12.7. The summed E-state index contributed by atoms with van der Waals surface area (Å²) >= 11 is 5.63. The van der Waals surface area contributed by atoms with Crippen molar-refractivity contribution < 1.29 is 14.3 Å². The zero-order valence-corrected chi connectivity index (χ0v) is 14.7. The van der Waals surface area contributed by atoms with Crippen LogP contribution in [0, 0.1) is 0 Å². The molecule has 4 rings (SSSR count). The molecule has 0 atom stereocenters. The summed E-state index contributed by atoms with van der Waals surface area (Å²) < 4.78 is 5.85. The quantitative estimate of drug-likeness (QED) is 0.633. The van der Waals surface area contributed by atoms with E-state index in [1.165, 1.54) is 0 Å². The summed E-state index contributed by atoms with van der Waals surface area (Å²) in [6.45, 7) is 0.407. The van der Waals surface area contributed by atoms with E-state index in [-0.39, 0.29) is 11.8 Å². The Labute approximate surface area is 156 Å². The fourth-order valence-electron chi connectivity index (χ4n) is 3.22. The van der Waals surface area contributed by atoms with Gasteiger partial charge in [0.05, 0.1) is 5.57 Å². The summed E-state index contributed by atoms with van der Waals surface area (Å²) in [5, 5.41) is 5.74. The average molecular weight is 369 g/mol. The first-order valence-electron chi connectivity index (χ1n) is 8.44. The maximum absolute atomic E-state index is 12.5. The molecule has 0 aliphatic carbocycles. The molecule has 0 fully saturated rings. The Morgan fingerprint density at radius 1 is 1.19 bits per heavy atom. The molecule has 2 aliphatic heterocycles. The number of nitrogens with one attached hydrogen (secondary N) is 2. The molecule has 0 saturated heterocycles. The van der Waals surface area contributed by atoms with Crippen LogP contribution in [0.3, 0.4) is 0 Å². The number of anilines is 2. The second-order valence-electron chi connectivity index (χ2n) is 6.21. The molecule has 2 aromatic rings. The lowest BCUT2D eigenvalue weighted by atomic mass is 10.00. The lowest BCUT2D eigenvalue weighted by molar-refractivity contribution is -0.116. The number of fused-ring (bicyclic) bond motifs is 2. The minimum atomic E-state index is -0.175. The summed E-state index contributed by atoms with van der Waals surface area (Å²) in [7, 11) is 0. The largest absolute Gasteiger partial charge is 0.487 e. The Kier molecular flexibility index (Phi) is 4.39. The first kappa shape index (κ1) is 16.7.